The third-order valence-electron chi connectivity index (χ3n) is 3.87. The molecular weight excluding hydrogens is 370 g/mol. The Kier molecular flexibility index (Phi) is 5.85. The van der Waals surface area contributed by atoms with Gasteiger partial charge in [-0.2, -0.15) is 0 Å². The average molecular weight is 388 g/mol. The Labute approximate surface area is 161 Å². The van der Waals surface area contributed by atoms with Gasteiger partial charge in [-0.15, -0.1) is 10.2 Å². The summed E-state index contributed by atoms with van der Waals surface area (Å²) in [6, 6.07) is 12.9. The maximum Gasteiger partial charge on any atom is 0.259 e. The molecule has 134 valence electrons. The van der Waals surface area contributed by atoms with E-state index in [1.807, 2.05) is 18.2 Å². The zero-order valence-corrected chi connectivity index (χ0v) is 16.0. The van der Waals surface area contributed by atoms with E-state index in [2.05, 4.69) is 29.4 Å². The van der Waals surface area contributed by atoms with Crippen LogP contribution in [0.5, 0.6) is 5.75 Å². The molecule has 3 aromatic rings. The van der Waals surface area contributed by atoms with Crippen LogP contribution in [0.2, 0.25) is 5.02 Å². The highest BCUT2D eigenvalue weighted by molar-refractivity contribution is 7.15. The molecular formula is C19H18ClN3O2S. The minimum absolute atomic E-state index is 0.301. The van der Waals surface area contributed by atoms with Gasteiger partial charge in [-0.1, -0.05) is 41.1 Å². The van der Waals surface area contributed by atoms with E-state index < -0.39 is 0 Å². The number of rotatable bonds is 6. The first-order valence-corrected chi connectivity index (χ1v) is 9.30. The van der Waals surface area contributed by atoms with E-state index >= 15 is 0 Å². The molecule has 1 heterocycles. The van der Waals surface area contributed by atoms with Crippen LogP contribution in [0.1, 0.15) is 26.5 Å². The van der Waals surface area contributed by atoms with Gasteiger partial charge in [-0.25, -0.2) is 0 Å². The molecule has 1 N–H and O–H groups in total. The third-order valence-corrected chi connectivity index (χ3v) is 5.10. The molecule has 26 heavy (non-hydrogen) atoms. The standard InChI is InChI=1S/C19H18ClN3O2S/c1-12-7-8-14(11-13(12)2)25-10-9-17-22-23-19(26-17)21-18(24)15-5-3-4-6-16(15)20/h3-8,11H,9-10H2,1-2H3,(H,21,23,24). The van der Waals surface area contributed by atoms with Crippen molar-refractivity contribution in [3.05, 3.63) is 69.2 Å². The lowest BCUT2D eigenvalue weighted by molar-refractivity contribution is 0.102. The van der Waals surface area contributed by atoms with E-state index in [0.29, 0.717) is 28.7 Å². The van der Waals surface area contributed by atoms with Gasteiger partial charge in [0, 0.05) is 6.42 Å². The van der Waals surface area contributed by atoms with Crippen molar-refractivity contribution in [3.63, 3.8) is 0 Å². The number of amides is 1. The Hall–Kier alpha value is -2.44. The van der Waals surface area contributed by atoms with E-state index in [1.165, 1.54) is 22.5 Å². The molecule has 0 saturated heterocycles. The summed E-state index contributed by atoms with van der Waals surface area (Å²) in [6.07, 6.45) is 0.618. The summed E-state index contributed by atoms with van der Waals surface area (Å²) >= 11 is 7.35. The molecule has 0 spiro atoms. The topological polar surface area (TPSA) is 64.1 Å². The predicted octanol–water partition coefficient (Wildman–Crippen LogP) is 4.68. The third kappa shape index (κ3) is 4.59. The van der Waals surface area contributed by atoms with Crippen molar-refractivity contribution in [1.29, 1.82) is 0 Å². The van der Waals surface area contributed by atoms with Crippen molar-refractivity contribution >= 4 is 34.0 Å². The van der Waals surface area contributed by atoms with E-state index in [-0.39, 0.29) is 5.91 Å². The number of carbonyl (C=O) groups excluding carboxylic acids is 1. The highest BCUT2D eigenvalue weighted by Crippen LogP contribution is 2.21. The van der Waals surface area contributed by atoms with Crippen molar-refractivity contribution in [1.82, 2.24) is 10.2 Å². The molecule has 3 rings (SSSR count). The fraction of sp³-hybridized carbons (Fsp3) is 0.211. The zero-order chi connectivity index (χ0) is 18.5. The van der Waals surface area contributed by atoms with Crippen molar-refractivity contribution in [2.45, 2.75) is 20.3 Å². The molecule has 0 unspecified atom stereocenters. The molecule has 0 radical (unpaired) electrons. The van der Waals surface area contributed by atoms with Crippen molar-refractivity contribution < 1.29 is 9.53 Å². The van der Waals surface area contributed by atoms with Gasteiger partial charge in [-0.05, 0) is 49.2 Å². The van der Waals surface area contributed by atoms with Gasteiger partial charge in [0.1, 0.15) is 10.8 Å². The van der Waals surface area contributed by atoms with Gasteiger partial charge in [0.2, 0.25) is 5.13 Å². The van der Waals surface area contributed by atoms with Crippen LogP contribution in [0.3, 0.4) is 0 Å². The number of anilines is 1. The monoisotopic (exact) mass is 387 g/mol. The molecule has 0 bridgehead atoms. The van der Waals surface area contributed by atoms with Gasteiger partial charge >= 0.3 is 0 Å². The molecule has 2 aromatic carbocycles. The number of hydrogen-bond acceptors (Lipinski definition) is 5. The Morgan fingerprint density at radius 1 is 1.15 bits per heavy atom. The smallest absolute Gasteiger partial charge is 0.259 e. The van der Waals surface area contributed by atoms with E-state index in [0.717, 1.165) is 10.8 Å². The first-order valence-electron chi connectivity index (χ1n) is 8.11. The van der Waals surface area contributed by atoms with E-state index in [1.54, 1.807) is 24.3 Å². The molecule has 0 aliphatic carbocycles. The molecule has 0 atom stereocenters. The lowest BCUT2D eigenvalue weighted by Gasteiger charge is -2.07. The van der Waals surface area contributed by atoms with Crippen molar-refractivity contribution in [3.8, 4) is 5.75 Å². The fourth-order valence-corrected chi connectivity index (χ4v) is 3.21. The first kappa shape index (κ1) is 18.4. The largest absolute Gasteiger partial charge is 0.493 e. The molecule has 0 saturated carbocycles. The summed E-state index contributed by atoms with van der Waals surface area (Å²) in [5, 5.41) is 12.4. The van der Waals surface area contributed by atoms with Crippen LogP contribution in [-0.2, 0) is 6.42 Å². The highest BCUT2D eigenvalue weighted by atomic mass is 35.5. The van der Waals surface area contributed by atoms with Crippen LogP contribution in [0.4, 0.5) is 5.13 Å². The number of ether oxygens (including phenoxy) is 1. The Balaban J connectivity index is 1.54. The summed E-state index contributed by atoms with van der Waals surface area (Å²) in [4.78, 5) is 12.2. The Bertz CT molecular complexity index is 927. The van der Waals surface area contributed by atoms with Gasteiger partial charge < -0.3 is 4.74 Å². The van der Waals surface area contributed by atoms with E-state index in [4.69, 9.17) is 16.3 Å². The summed E-state index contributed by atoms with van der Waals surface area (Å²) in [5.74, 6) is 0.537. The van der Waals surface area contributed by atoms with Gasteiger partial charge in [0.05, 0.1) is 17.2 Å². The first-order chi connectivity index (χ1) is 12.5. The minimum Gasteiger partial charge on any atom is -0.493 e. The quantitative estimate of drug-likeness (QED) is 0.666. The lowest BCUT2D eigenvalue weighted by atomic mass is 10.1. The number of hydrogen-bond donors (Lipinski definition) is 1. The van der Waals surface area contributed by atoms with Gasteiger partial charge in [-0.3, -0.25) is 10.1 Å². The lowest BCUT2D eigenvalue weighted by Crippen LogP contribution is -2.12. The maximum atomic E-state index is 12.2. The van der Waals surface area contributed by atoms with Crippen LogP contribution in [-0.4, -0.2) is 22.7 Å². The second kappa shape index (κ2) is 8.29. The number of aromatic nitrogens is 2. The molecule has 0 fully saturated rings. The number of carbonyl (C=O) groups is 1. The molecule has 0 aliphatic heterocycles. The highest BCUT2D eigenvalue weighted by Gasteiger charge is 2.13. The van der Waals surface area contributed by atoms with Crippen molar-refractivity contribution in [2.75, 3.05) is 11.9 Å². The molecule has 1 aromatic heterocycles. The Morgan fingerprint density at radius 3 is 2.73 bits per heavy atom. The van der Waals surface area contributed by atoms with Gasteiger partial charge in [0.25, 0.3) is 5.91 Å². The normalized spacial score (nSPS) is 10.6. The summed E-state index contributed by atoms with van der Waals surface area (Å²) < 4.78 is 5.76. The minimum atomic E-state index is -0.301. The van der Waals surface area contributed by atoms with Crippen LogP contribution in [0, 0.1) is 13.8 Å². The predicted molar refractivity (Wildman–Crippen MR) is 104 cm³/mol. The number of aryl methyl sites for hydroxylation is 2. The SMILES string of the molecule is Cc1ccc(OCCc2nnc(NC(=O)c3ccccc3Cl)s2)cc1C. The maximum absolute atomic E-state index is 12.2. The van der Waals surface area contributed by atoms with Crippen LogP contribution < -0.4 is 10.1 Å². The Morgan fingerprint density at radius 2 is 1.96 bits per heavy atom. The fourth-order valence-electron chi connectivity index (χ4n) is 2.27. The van der Waals surface area contributed by atoms with Crippen LogP contribution in [0.25, 0.3) is 0 Å². The number of nitrogens with zero attached hydrogens (tertiary/aromatic N) is 2. The summed E-state index contributed by atoms with van der Waals surface area (Å²) in [5.41, 5.74) is 2.84. The molecule has 1 amide bonds. The van der Waals surface area contributed by atoms with Crippen LogP contribution >= 0.6 is 22.9 Å². The van der Waals surface area contributed by atoms with E-state index in [9.17, 15) is 4.79 Å². The zero-order valence-electron chi connectivity index (χ0n) is 14.5. The average Bonchev–Trinajstić information content (AvgIpc) is 3.05. The molecule has 0 aliphatic rings. The second-order valence-electron chi connectivity index (χ2n) is 5.78. The van der Waals surface area contributed by atoms with Gasteiger partial charge in [0.15, 0.2) is 0 Å². The number of nitrogens with one attached hydrogen (secondary N) is 1. The molecule has 5 nitrogen and oxygen atoms in total. The molecule has 7 heteroatoms. The van der Waals surface area contributed by atoms with Crippen molar-refractivity contribution in [2.24, 2.45) is 0 Å². The summed E-state index contributed by atoms with van der Waals surface area (Å²) in [7, 11) is 0. The number of benzene rings is 2. The van der Waals surface area contributed by atoms with Crippen LogP contribution in [0.15, 0.2) is 42.5 Å². The number of halogens is 1. The second-order valence-corrected chi connectivity index (χ2v) is 7.25. The summed E-state index contributed by atoms with van der Waals surface area (Å²) in [6.45, 7) is 4.62.